The molecule has 54 valence electrons. The van der Waals surface area contributed by atoms with Crippen molar-refractivity contribution in [3.63, 3.8) is 0 Å². The van der Waals surface area contributed by atoms with E-state index in [2.05, 4.69) is 0 Å². The highest BCUT2D eigenvalue weighted by molar-refractivity contribution is 14.1. The topological polar surface area (TPSA) is 0 Å². The van der Waals surface area contributed by atoms with E-state index < -0.39 is 12.0 Å². The van der Waals surface area contributed by atoms with Gasteiger partial charge in [0.2, 0.25) is 0 Å². The fraction of sp³-hybridized carbons (Fsp3) is 0.500. The van der Waals surface area contributed by atoms with E-state index in [4.69, 9.17) is 0 Å². The average molecular weight is 254 g/mol. The molecule has 9 heavy (non-hydrogen) atoms. The highest BCUT2D eigenvalue weighted by Crippen LogP contribution is 2.19. The third kappa shape index (κ3) is 6.07. The molecule has 5 heteroatoms. The Kier molecular flexibility index (Phi) is 3.45. The van der Waals surface area contributed by atoms with Crippen molar-refractivity contribution >= 4 is 22.6 Å². The lowest BCUT2D eigenvalue weighted by Gasteiger charge is -1.96. The van der Waals surface area contributed by atoms with E-state index in [0.717, 1.165) is 0 Å². The van der Waals surface area contributed by atoms with E-state index in [9.17, 15) is 17.6 Å². The molecule has 0 nitrogen and oxygen atoms in total. The molecule has 0 aromatic rings. The van der Waals surface area contributed by atoms with Gasteiger partial charge in [0.1, 0.15) is 5.83 Å². The van der Waals surface area contributed by atoms with E-state index in [0.29, 0.717) is 0 Å². The van der Waals surface area contributed by atoms with Crippen LogP contribution < -0.4 is 0 Å². The minimum Gasteiger partial charge on any atom is -0.211 e. The third-order valence-corrected chi connectivity index (χ3v) is 1.18. The Bertz CT molecular complexity index is 114. The molecule has 0 radical (unpaired) electrons. The van der Waals surface area contributed by atoms with Gasteiger partial charge < -0.3 is 0 Å². The van der Waals surface area contributed by atoms with Crippen molar-refractivity contribution in [2.45, 2.75) is 6.18 Å². The normalized spacial score (nSPS) is 14.1. The Morgan fingerprint density at radius 2 is 1.89 bits per heavy atom. The fourth-order valence-electron chi connectivity index (χ4n) is 0.216. The Morgan fingerprint density at radius 3 is 2.00 bits per heavy atom. The summed E-state index contributed by atoms with van der Waals surface area (Å²) in [6.07, 6.45) is -4.87. The summed E-state index contributed by atoms with van der Waals surface area (Å²) in [7, 11) is 0. The molecule has 0 aromatic carbocycles. The molecule has 0 fully saturated rings. The highest BCUT2D eigenvalue weighted by Gasteiger charge is 2.24. The van der Waals surface area contributed by atoms with Gasteiger partial charge >= 0.3 is 6.18 Å². The summed E-state index contributed by atoms with van der Waals surface area (Å²) in [4.78, 5) is 0. The molecule has 0 aliphatic carbocycles. The van der Waals surface area contributed by atoms with Gasteiger partial charge in [0, 0.05) is 0 Å². The second-order valence-corrected chi connectivity index (χ2v) is 2.03. The molecule has 0 heterocycles. The summed E-state index contributed by atoms with van der Waals surface area (Å²) in [6, 6.07) is 0. The van der Waals surface area contributed by atoms with Crippen molar-refractivity contribution in [1.82, 2.24) is 0 Å². The summed E-state index contributed by atoms with van der Waals surface area (Å²) >= 11 is 1.51. The van der Waals surface area contributed by atoms with E-state index in [1.165, 1.54) is 22.6 Å². The molecular weight excluding hydrogens is 251 g/mol. The molecule has 0 atom stereocenters. The summed E-state index contributed by atoms with van der Waals surface area (Å²) in [5.41, 5.74) is 0. The van der Waals surface area contributed by atoms with Gasteiger partial charge in [-0.1, -0.05) is 22.6 Å². The maximum atomic E-state index is 11.8. The first-order valence-corrected chi connectivity index (χ1v) is 3.48. The lowest BCUT2D eigenvalue weighted by atomic mass is 10.5. The van der Waals surface area contributed by atoms with Crippen LogP contribution in [0.25, 0.3) is 0 Å². The van der Waals surface area contributed by atoms with Gasteiger partial charge in [0.05, 0.1) is 10.5 Å². The zero-order chi connectivity index (χ0) is 7.49. The van der Waals surface area contributed by atoms with E-state index in [1.807, 2.05) is 0 Å². The molecule has 0 spiro atoms. The number of allylic oxidation sites excluding steroid dienone is 2. The number of rotatable bonds is 1. The summed E-state index contributed by atoms with van der Waals surface area (Å²) in [5, 5.41) is 0. The standard InChI is InChI=1S/C4H3F4I/c5-3(2-9)1-4(6,7)8/h1H,2H2/b3-1+. The van der Waals surface area contributed by atoms with Gasteiger partial charge in [-0.2, -0.15) is 13.2 Å². The van der Waals surface area contributed by atoms with Crippen molar-refractivity contribution < 1.29 is 17.6 Å². The first kappa shape index (κ1) is 9.19. The van der Waals surface area contributed by atoms with E-state index >= 15 is 0 Å². The van der Waals surface area contributed by atoms with E-state index in [-0.39, 0.29) is 10.5 Å². The molecule has 0 aliphatic heterocycles. The van der Waals surface area contributed by atoms with Crippen LogP contribution in [0, 0.1) is 0 Å². The number of alkyl halides is 4. The Morgan fingerprint density at radius 1 is 1.44 bits per heavy atom. The van der Waals surface area contributed by atoms with Gasteiger partial charge in [0.25, 0.3) is 0 Å². The van der Waals surface area contributed by atoms with Gasteiger partial charge in [-0.25, -0.2) is 4.39 Å². The van der Waals surface area contributed by atoms with Crippen LogP contribution in [-0.2, 0) is 0 Å². The molecule has 0 unspecified atom stereocenters. The van der Waals surface area contributed by atoms with Gasteiger partial charge in [-0.15, -0.1) is 0 Å². The maximum absolute atomic E-state index is 11.8. The molecule has 0 aromatic heterocycles. The average Bonchev–Trinajstić information content (AvgIpc) is 1.62. The molecule has 0 saturated heterocycles. The summed E-state index contributed by atoms with van der Waals surface area (Å²) < 4.78 is 45.0. The third-order valence-electron chi connectivity index (χ3n) is 0.448. The Balaban J connectivity index is 3.95. The van der Waals surface area contributed by atoms with Crippen LogP contribution >= 0.6 is 22.6 Å². The van der Waals surface area contributed by atoms with Crippen molar-refractivity contribution in [1.29, 1.82) is 0 Å². The number of halogens is 5. The smallest absolute Gasteiger partial charge is 0.211 e. The van der Waals surface area contributed by atoms with Gasteiger partial charge in [-0.3, -0.25) is 0 Å². The highest BCUT2D eigenvalue weighted by atomic mass is 127. The largest absolute Gasteiger partial charge is 0.412 e. The SMILES string of the molecule is F/C(=C/C(F)(F)F)CI. The Hall–Kier alpha value is 0.190. The van der Waals surface area contributed by atoms with Crippen LogP contribution in [0.5, 0.6) is 0 Å². The lowest BCUT2D eigenvalue weighted by molar-refractivity contribution is -0.0812. The molecule has 0 N–H and O–H groups in total. The van der Waals surface area contributed by atoms with Crippen LogP contribution in [0.1, 0.15) is 0 Å². The molecule has 0 bridgehead atoms. The Labute approximate surface area is 63.1 Å². The van der Waals surface area contributed by atoms with Crippen molar-refractivity contribution in [3.05, 3.63) is 11.9 Å². The molecular formula is C4H3F4I. The van der Waals surface area contributed by atoms with E-state index in [1.54, 1.807) is 0 Å². The molecule has 0 saturated carbocycles. The first-order chi connectivity index (χ1) is 3.95. The first-order valence-electron chi connectivity index (χ1n) is 1.95. The zero-order valence-electron chi connectivity index (χ0n) is 4.17. The predicted octanol–water partition coefficient (Wildman–Crippen LogP) is 2.84. The van der Waals surface area contributed by atoms with Crippen LogP contribution in [0.15, 0.2) is 11.9 Å². The van der Waals surface area contributed by atoms with Crippen LogP contribution in [-0.4, -0.2) is 10.6 Å². The van der Waals surface area contributed by atoms with Crippen molar-refractivity contribution in [2.24, 2.45) is 0 Å². The van der Waals surface area contributed by atoms with Crippen LogP contribution in [0.4, 0.5) is 17.6 Å². The monoisotopic (exact) mass is 254 g/mol. The summed E-state index contributed by atoms with van der Waals surface area (Å²) in [6.45, 7) is 0. The number of hydrogen-bond acceptors (Lipinski definition) is 0. The van der Waals surface area contributed by atoms with Gasteiger partial charge in [0.15, 0.2) is 0 Å². The maximum Gasteiger partial charge on any atom is 0.412 e. The van der Waals surface area contributed by atoms with Crippen molar-refractivity contribution in [2.75, 3.05) is 4.43 Å². The van der Waals surface area contributed by atoms with Crippen molar-refractivity contribution in [3.8, 4) is 0 Å². The van der Waals surface area contributed by atoms with Gasteiger partial charge in [-0.05, 0) is 0 Å². The predicted molar refractivity (Wildman–Crippen MR) is 34.1 cm³/mol. The number of hydrogen-bond donors (Lipinski definition) is 0. The van der Waals surface area contributed by atoms with Crippen LogP contribution in [0.2, 0.25) is 0 Å². The molecule has 0 rings (SSSR count). The van der Waals surface area contributed by atoms with Crippen LogP contribution in [0.3, 0.4) is 0 Å². The lowest BCUT2D eigenvalue weighted by Crippen LogP contribution is -2.02. The zero-order valence-corrected chi connectivity index (χ0v) is 6.33. The minimum atomic E-state index is -4.52. The summed E-state index contributed by atoms with van der Waals surface area (Å²) in [5.74, 6) is -1.15. The quantitative estimate of drug-likeness (QED) is 0.383. The second kappa shape index (κ2) is 3.38. The fourth-order valence-corrected chi connectivity index (χ4v) is 0.436. The second-order valence-electron chi connectivity index (χ2n) is 1.27. The minimum absolute atomic E-state index is 0.239. The molecule has 0 amide bonds. The molecule has 0 aliphatic rings.